The molecule has 4 rings (SSSR count). The molecule has 0 aliphatic heterocycles. The molecule has 0 saturated heterocycles. The molecule has 0 bridgehead atoms. The van der Waals surface area contributed by atoms with Crippen LogP contribution in [0.4, 0.5) is 10.5 Å². The second-order valence-electron chi connectivity index (χ2n) is 8.36. The van der Waals surface area contributed by atoms with Gasteiger partial charge in [-0.2, -0.15) is 0 Å². The molecule has 2 aromatic rings. The van der Waals surface area contributed by atoms with Gasteiger partial charge in [0.25, 0.3) is 0 Å². The first-order chi connectivity index (χ1) is 15.7. The number of anilines is 1. The first kappa shape index (κ1) is 23.3. The number of ether oxygens (including phenoxy) is 1. The van der Waals surface area contributed by atoms with Crippen molar-refractivity contribution in [1.29, 1.82) is 0 Å². The number of allylic oxidation sites excluding steroid dienone is 1. The Morgan fingerprint density at radius 1 is 1.21 bits per heavy atom. The molecular formula is C22H26BN3O6S. The van der Waals surface area contributed by atoms with Gasteiger partial charge >= 0.3 is 13.1 Å². The Morgan fingerprint density at radius 2 is 2.03 bits per heavy atom. The minimum Gasteiger partial charge on any atom is -0.474 e. The van der Waals surface area contributed by atoms with Crippen molar-refractivity contribution in [3.8, 4) is 17.0 Å². The monoisotopic (exact) mass is 471 g/mol. The fourth-order valence-corrected chi connectivity index (χ4v) is 4.73. The van der Waals surface area contributed by atoms with Crippen LogP contribution < -0.4 is 14.8 Å². The average molecular weight is 471 g/mol. The number of pyridine rings is 1. The summed E-state index contributed by atoms with van der Waals surface area (Å²) in [6.45, 7) is 0. The number of nitrogens with zero attached hydrogens (tertiary/aromatic N) is 1. The van der Waals surface area contributed by atoms with E-state index in [-0.39, 0.29) is 6.10 Å². The van der Waals surface area contributed by atoms with Gasteiger partial charge in [-0.25, -0.2) is 22.9 Å². The van der Waals surface area contributed by atoms with E-state index in [0.717, 1.165) is 47.8 Å². The van der Waals surface area contributed by atoms with E-state index >= 15 is 0 Å². The van der Waals surface area contributed by atoms with E-state index < -0.39 is 23.2 Å². The molecule has 0 spiro atoms. The zero-order valence-corrected chi connectivity index (χ0v) is 19.1. The van der Waals surface area contributed by atoms with E-state index in [9.17, 15) is 23.3 Å². The number of aryl methyl sites for hydroxylation is 1. The summed E-state index contributed by atoms with van der Waals surface area (Å²) in [6.07, 6.45) is 8.60. The van der Waals surface area contributed by atoms with Crippen LogP contribution in [0.5, 0.6) is 5.88 Å². The Bertz CT molecular complexity index is 1200. The molecule has 2 aliphatic carbocycles. The first-order valence-corrected chi connectivity index (χ1v) is 12.7. The lowest BCUT2D eigenvalue weighted by atomic mass is 9.73. The van der Waals surface area contributed by atoms with Crippen molar-refractivity contribution in [1.82, 2.24) is 9.71 Å². The molecular weight excluding hydrogens is 445 g/mol. The van der Waals surface area contributed by atoms with Crippen LogP contribution in [-0.2, 0) is 22.9 Å². The molecule has 1 unspecified atom stereocenters. The SMILES string of the molecule is CS(=O)(=O)NC(=O)Nc1c(-c2ccnc(OC3CC=C(B(O)O)CC3)c2)ccc2c1CCC2. The zero-order valence-electron chi connectivity index (χ0n) is 18.2. The smallest absolute Gasteiger partial charge is 0.474 e. The Balaban J connectivity index is 1.60. The summed E-state index contributed by atoms with van der Waals surface area (Å²) in [4.78, 5) is 16.6. The largest absolute Gasteiger partial charge is 0.483 e. The van der Waals surface area contributed by atoms with Crippen molar-refractivity contribution in [3.63, 3.8) is 0 Å². The highest BCUT2D eigenvalue weighted by Crippen LogP contribution is 2.38. The van der Waals surface area contributed by atoms with Crippen LogP contribution in [0.2, 0.25) is 0 Å². The summed E-state index contributed by atoms with van der Waals surface area (Å²) in [5.74, 6) is 0.422. The van der Waals surface area contributed by atoms with Crippen molar-refractivity contribution in [2.45, 2.75) is 44.6 Å². The Morgan fingerprint density at radius 3 is 2.73 bits per heavy atom. The van der Waals surface area contributed by atoms with Gasteiger partial charge in [-0.05, 0) is 60.3 Å². The average Bonchev–Trinajstić information content (AvgIpc) is 3.22. The van der Waals surface area contributed by atoms with Crippen LogP contribution in [0.1, 0.15) is 36.8 Å². The summed E-state index contributed by atoms with van der Waals surface area (Å²) < 4.78 is 31.0. The van der Waals surface area contributed by atoms with Gasteiger partial charge in [-0.15, -0.1) is 0 Å². The highest BCUT2D eigenvalue weighted by Gasteiger charge is 2.24. The summed E-state index contributed by atoms with van der Waals surface area (Å²) in [7, 11) is -5.13. The third-order valence-electron chi connectivity index (χ3n) is 5.86. The van der Waals surface area contributed by atoms with Gasteiger partial charge in [-0.1, -0.05) is 18.2 Å². The van der Waals surface area contributed by atoms with E-state index in [0.29, 0.717) is 36.3 Å². The number of nitrogens with one attached hydrogen (secondary N) is 2. The van der Waals surface area contributed by atoms with Gasteiger partial charge in [0.15, 0.2) is 0 Å². The molecule has 1 heterocycles. The summed E-state index contributed by atoms with van der Waals surface area (Å²) >= 11 is 0. The number of amides is 2. The fraction of sp³-hybridized carbons (Fsp3) is 0.364. The normalized spacial score (nSPS) is 17.7. The van der Waals surface area contributed by atoms with Crippen LogP contribution in [0.25, 0.3) is 11.1 Å². The minimum absolute atomic E-state index is 0.131. The van der Waals surface area contributed by atoms with Crippen molar-refractivity contribution in [3.05, 3.63) is 53.1 Å². The number of hydrogen-bond acceptors (Lipinski definition) is 7. The maximum Gasteiger partial charge on any atom is 0.483 e. The van der Waals surface area contributed by atoms with Crippen LogP contribution in [0.3, 0.4) is 0 Å². The molecule has 2 aliphatic rings. The van der Waals surface area contributed by atoms with Crippen LogP contribution in [0.15, 0.2) is 42.0 Å². The molecule has 9 nitrogen and oxygen atoms in total. The molecule has 0 saturated carbocycles. The van der Waals surface area contributed by atoms with Crippen molar-refractivity contribution in [2.24, 2.45) is 0 Å². The van der Waals surface area contributed by atoms with Crippen LogP contribution >= 0.6 is 0 Å². The second-order valence-corrected chi connectivity index (χ2v) is 10.1. The van der Waals surface area contributed by atoms with E-state index in [1.54, 1.807) is 18.3 Å². The number of hydrogen-bond donors (Lipinski definition) is 4. The van der Waals surface area contributed by atoms with Crippen molar-refractivity contribution >= 4 is 28.9 Å². The molecule has 4 N–H and O–H groups in total. The fourth-order valence-electron chi connectivity index (χ4n) is 4.34. The summed E-state index contributed by atoms with van der Waals surface area (Å²) in [6, 6.07) is 6.74. The molecule has 1 aromatic carbocycles. The number of rotatable bonds is 6. The van der Waals surface area contributed by atoms with Gasteiger partial charge in [0.05, 0.1) is 11.9 Å². The van der Waals surface area contributed by atoms with Crippen molar-refractivity contribution < 1.29 is 28.0 Å². The van der Waals surface area contributed by atoms with Gasteiger partial charge < -0.3 is 20.1 Å². The zero-order chi connectivity index (χ0) is 23.6. The quantitative estimate of drug-likeness (QED) is 0.474. The van der Waals surface area contributed by atoms with E-state index in [1.807, 2.05) is 22.9 Å². The van der Waals surface area contributed by atoms with Crippen LogP contribution in [-0.4, -0.2) is 49.0 Å². The Hall–Kier alpha value is -2.89. The number of carbonyl (C=O) groups excluding carboxylic acids is 1. The number of aromatic nitrogens is 1. The molecule has 2 amide bonds. The molecule has 0 radical (unpaired) electrons. The molecule has 11 heteroatoms. The number of urea groups is 1. The first-order valence-electron chi connectivity index (χ1n) is 10.8. The Kier molecular flexibility index (Phi) is 6.73. The number of fused-ring (bicyclic) bond motifs is 1. The highest BCUT2D eigenvalue weighted by atomic mass is 32.2. The molecule has 1 atom stereocenters. The lowest BCUT2D eigenvalue weighted by Crippen LogP contribution is -2.33. The lowest BCUT2D eigenvalue weighted by molar-refractivity contribution is 0.181. The topological polar surface area (TPSA) is 138 Å². The van der Waals surface area contributed by atoms with E-state index in [2.05, 4.69) is 10.3 Å². The lowest BCUT2D eigenvalue weighted by Gasteiger charge is -2.23. The van der Waals surface area contributed by atoms with Gasteiger partial charge in [0.2, 0.25) is 15.9 Å². The molecule has 0 fully saturated rings. The van der Waals surface area contributed by atoms with E-state index in [1.165, 1.54) is 0 Å². The summed E-state index contributed by atoms with van der Waals surface area (Å²) in [5.41, 5.74) is 4.85. The molecule has 1 aromatic heterocycles. The standard InChI is InChI=1S/C22H26BN3O6S/c1-33(30,31)26-22(27)25-21-18-4-2-3-14(18)5-10-19(21)15-11-12-24-20(13-15)32-17-8-6-16(7-9-17)23(28)29/h5-6,10-13,17,28-29H,2-4,7-9H2,1H3,(H2,25,26,27). The second kappa shape index (κ2) is 9.54. The van der Waals surface area contributed by atoms with E-state index in [4.69, 9.17) is 4.74 Å². The van der Waals surface area contributed by atoms with Crippen molar-refractivity contribution in [2.75, 3.05) is 11.6 Å². The van der Waals surface area contributed by atoms with Gasteiger partial charge in [0, 0.05) is 24.2 Å². The van der Waals surface area contributed by atoms with Crippen LogP contribution in [0, 0.1) is 0 Å². The third-order valence-corrected chi connectivity index (χ3v) is 6.42. The number of sulfonamides is 1. The Labute approximate surface area is 193 Å². The minimum atomic E-state index is -3.70. The van der Waals surface area contributed by atoms with Gasteiger partial charge in [0.1, 0.15) is 6.10 Å². The highest BCUT2D eigenvalue weighted by molar-refractivity contribution is 7.89. The maximum absolute atomic E-state index is 12.3. The summed E-state index contributed by atoms with van der Waals surface area (Å²) in [5, 5.41) is 21.3. The maximum atomic E-state index is 12.3. The number of benzene rings is 1. The third kappa shape index (κ3) is 5.73. The number of carbonyl (C=O) groups is 1. The predicted molar refractivity (Wildman–Crippen MR) is 125 cm³/mol. The predicted octanol–water partition coefficient (Wildman–Crippen LogP) is 2.19. The molecule has 174 valence electrons. The van der Waals surface area contributed by atoms with Gasteiger partial charge in [-0.3, -0.25) is 0 Å². The molecule has 33 heavy (non-hydrogen) atoms.